The molecule has 0 saturated heterocycles. The van der Waals surface area contributed by atoms with E-state index in [4.69, 9.17) is 9.16 Å². The predicted molar refractivity (Wildman–Crippen MR) is 106 cm³/mol. The molecule has 2 rings (SSSR count). The molecule has 2 fully saturated rings. The standard InChI is InChI=1S/C21H40O3Si/c1-19(2,14-23-15-20(3,4)24-25(6,7)8)18-12-11-16-17(22)10-9-13-21(16,18)5/h16,18H,9-15H2,1-8H3/t16?,18-,21?/m1/s1. The summed E-state index contributed by atoms with van der Waals surface area (Å²) in [5, 5.41) is 0. The van der Waals surface area contributed by atoms with Crippen LogP contribution in [0.15, 0.2) is 0 Å². The van der Waals surface area contributed by atoms with Crippen molar-refractivity contribution in [2.45, 2.75) is 92.0 Å². The molecule has 0 aromatic heterocycles. The van der Waals surface area contributed by atoms with E-state index >= 15 is 0 Å². The molecule has 25 heavy (non-hydrogen) atoms. The molecular weight excluding hydrogens is 328 g/mol. The Hall–Kier alpha value is -0.193. The first-order valence-corrected chi connectivity index (χ1v) is 13.5. The fourth-order valence-electron chi connectivity index (χ4n) is 5.73. The van der Waals surface area contributed by atoms with Gasteiger partial charge in [0, 0.05) is 12.3 Å². The topological polar surface area (TPSA) is 35.5 Å². The first-order valence-electron chi connectivity index (χ1n) is 10.1. The maximum Gasteiger partial charge on any atom is 0.184 e. The minimum absolute atomic E-state index is 0.0936. The lowest BCUT2D eigenvalue weighted by Crippen LogP contribution is -2.45. The van der Waals surface area contributed by atoms with Gasteiger partial charge in [-0.2, -0.15) is 0 Å². The summed E-state index contributed by atoms with van der Waals surface area (Å²) in [4.78, 5) is 12.4. The Morgan fingerprint density at radius 1 is 1.12 bits per heavy atom. The normalized spacial score (nSPS) is 31.3. The third kappa shape index (κ3) is 4.95. The molecule has 3 atom stereocenters. The SMILES string of the molecule is CC(C)(COCC(C)(C)[C@H]1CCC2C(=O)CCCC21C)O[Si](C)(C)C. The van der Waals surface area contributed by atoms with Crippen molar-refractivity contribution < 1.29 is 14.0 Å². The van der Waals surface area contributed by atoms with Gasteiger partial charge < -0.3 is 9.16 Å². The zero-order valence-corrected chi connectivity index (χ0v) is 18.8. The fraction of sp³-hybridized carbons (Fsp3) is 0.952. The summed E-state index contributed by atoms with van der Waals surface area (Å²) in [6.45, 7) is 19.3. The number of ketones is 1. The lowest BCUT2D eigenvalue weighted by molar-refractivity contribution is -0.132. The Labute approximate surface area is 156 Å². The highest BCUT2D eigenvalue weighted by atomic mass is 28.4. The molecule has 0 spiro atoms. The molecule has 2 saturated carbocycles. The minimum Gasteiger partial charge on any atom is -0.410 e. The number of carbonyl (C=O) groups excluding carboxylic acids is 1. The molecule has 0 aromatic rings. The van der Waals surface area contributed by atoms with E-state index in [1.54, 1.807) is 0 Å². The number of hydrogen-bond donors (Lipinski definition) is 0. The van der Waals surface area contributed by atoms with Crippen molar-refractivity contribution in [3.63, 3.8) is 0 Å². The summed E-state index contributed by atoms with van der Waals surface area (Å²) >= 11 is 0. The number of Topliss-reactive ketones (excluding diaryl/α,β-unsaturated/α-hetero) is 1. The molecule has 146 valence electrons. The second-order valence-electron chi connectivity index (χ2n) is 11.0. The zero-order chi connectivity index (χ0) is 19.1. The van der Waals surface area contributed by atoms with Gasteiger partial charge in [0.15, 0.2) is 8.32 Å². The van der Waals surface area contributed by atoms with Crippen molar-refractivity contribution in [1.82, 2.24) is 0 Å². The molecule has 2 aliphatic rings. The first kappa shape index (κ1) is 21.1. The van der Waals surface area contributed by atoms with E-state index in [1.807, 2.05) is 0 Å². The summed E-state index contributed by atoms with van der Waals surface area (Å²) in [5.41, 5.74) is 0.0341. The van der Waals surface area contributed by atoms with Crippen LogP contribution in [-0.2, 0) is 14.0 Å². The monoisotopic (exact) mass is 368 g/mol. The third-order valence-corrected chi connectivity index (χ3v) is 7.48. The zero-order valence-electron chi connectivity index (χ0n) is 17.8. The molecule has 0 aromatic carbocycles. The van der Waals surface area contributed by atoms with Gasteiger partial charge in [-0.1, -0.05) is 20.8 Å². The number of ether oxygens (including phenoxy) is 1. The second kappa shape index (κ2) is 7.08. The second-order valence-corrected chi connectivity index (χ2v) is 15.4. The summed E-state index contributed by atoms with van der Waals surface area (Å²) in [5.74, 6) is 1.37. The predicted octanol–water partition coefficient (Wildman–Crippen LogP) is 5.44. The average molecular weight is 369 g/mol. The lowest BCUT2D eigenvalue weighted by Gasteiger charge is -2.46. The van der Waals surface area contributed by atoms with Crippen LogP contribution in [0.4, 0.5) is 0 Å². The Bertz CT molecular complexity index is 492. The van der Waals surface area contributed by atoms with E-state index in [2.05, 4.69) is 54.3 Å². The van der Waals surface area contributed by atoms with Gasteiger partial charge >= 0.3 is 0 Å². The van der Waals surface area contributed by atoms with E-state index in [0.717, 1.165) is 32.3 Å². The fourth-order valence-corrected chi connectivity index (χ4v) is 7.45. The van der Waals surface area contributed by atoms with Crippen LogP contribution in [0.5, 0.6) is 0 Å². The molecular formula is C21H40O3Si. The Balaban J connectivity index is 1.96. The number of hydrogen-bond acceptors (Lipinski definition) is 3. The molecule has 0 N–H and O–H groups in total. The van der Waals surface area contributed by atoms with E-state index < -0.39 is 8.32 Å². The van der Waals surface area contributed by atoms with Gasteiger partial charge in [0.1, 0.15) is 5.78 Å². The Kier molecular flexibility index (Phi) is 5.98. The van der Waals surface area contributed by atoms with E-state index in [0.29, 0.717) is 18.3 Å². The first-order chi connectivity index (χ1) is 11.3. The van der Waals surface area contributed by atoms with Crippen LogP contribution in [0, 0.1) is 22.7 Å². The smallest absolute Gasteiger partial charge is 0.184 e. The van der Waals surface area contributed by atoms with Crippen molar-refractivity contribution >= 4 is 14.1 Å². The van der Waals surface area contributed by atoms with Gasteiger partial charge in [-0.15, -0.1) is 0 Å². The number of carbonyl (C=O) groups is 1. The summed E-state index contributed by atoms with van der Waals surface area (Å²) in [7, 11) is -1.57. The van der Waals surface area contributed by atoms with Gasteiger partial charge in [-0.25, -0.2) is 0 Å². The Morgan fingerprint density at radius 3 is 2.36 bits per heavy atom. The van der Waals surface area contributed by atoms with Crippen LogP contribution in [0.25, 0.3) is 0 Å². The van der Waals surface area contributed by atoms with Crippen LogP contribution in [0.2, 0.25) is 19.6 Å². The van der Waals surface area contributed by atoms with Crippen LogP contribution in [-0.4, -0.2) is 32.9 Å². The quantitative estimate of drug-likeness (QED) is 0.561. The minimum atomic E-state index is -1.57. The maximum absolute atomic E-state index is 12.4. The van der Waals surface area contributed by atoms with Crippen molar-refractivity contribution in [3.8, 4) is 0 Å². The highest BCUT2D eigenvalue weighted by Gasteiger charge is 2.55. The highest BCUT2D eigenvalue weighted by Crippen LogP contribution is 2.59. The molecule has 0 amide bonds. The molecule has 3 nitrogen and oxygen atoms in total. The van der Waals surface area contributed by atoms with Gasteiger partial charge in [-0.05, 0) is 75.9 Å². The van der Waals surface area contributed by atoms with Gasteiger partial charge in [-0.3, -0.25) is 4.79 Å². The molecule has 0 bridgehead atoms. The van der Waals surface area contributed by atoms with Crippen LogP contribution >= 0.6 is 0 Å². The highest BCUT2D eigenvalue weighted by molar-refractivity contribution is 6.69. The average Bonchev–Trinajstić information content (AvgIpc) is 2.74. The summed E-state index contributed by atoms with van der Waals surface area (Å²) in [6.07, 6.45) is 5.30. The molecule has 0 aliphatic heterocycles. The third-order valence-electron chi connectivity index (χ3n) is 6.31. The van der Waals surface area contributed by atoms with E-state index in [9.17, 15) is 4.79 Å². The van der Waals surface area contributed by atoms with Gasteiger partial charge in [0.25, 0.3) is 0 Å². The largest absolute Gasteiger partial charge is 0.410 e. The van der Waals surface area contributed by atoms with E-state index in [1.165, 1.54) is 6.42 Å². The van der Waals surface area contributed by atoms with Crippen molar-refractivity contribution in [2.24, 2.45) is 22.7 Å². The van der Waals surface area contributed by atoms with Crippen molar-refractivity contribution in [1.29, 1.82) is 0 Å². The molecule has 0 radical (unpaired) electrons. The molecule has 2 aliphatic carbocycles. The summed E-state index contributed by atoms with van der Waals surface area (Å²) < 4.78 is 12.4. The van der Waals surface area contributed by atoms with Gasteiger partial charge in [0.2, 0.25) is 0 Å². The van der Waals surface area contributed by atoms with Crippen LogP contribution in [0.1, 0.15) is 66.7 Å². The molecule has 4 heteroatoms. The lowest BCUT2D eigenvalue weighted by atomic mass is 9.58. The maximum atomic E-state index is 12.4. The van der Waals surface area contributed by atoms with Crippen molar-refractivity contribution in [3.05, 3.63) is 0 Å². The van der Waals surface area contributed by atoms with E-state index in [-0.39, 0.29) is 22.3 Å². The Morgan fingerprint density at radius 2 is 1.76 bits per heavy atom. The number of rotatable bonds is 7. The summed E-state index contributed by atoms with van der Waals surface area (Å²) in [6, 6.07) is 0. The number of fused-ring (bicyclic) bond motifs is 1. The van der Waals surface area contributed by atoms with Crippen molar-refractivity contribution in [2.75, 3.05) is 13.2 Å². The molecule has 0 heterocycles. The van der Waals surface area contributed by atoms with Crippen LogP contribution in [0.3, 0.4) is 0 Å². The van der Waals surface area contributed by atoms with Crippen LogP contribution < -0.4 is 0 Å². The van der Waals surface area contributed by atoms with Gasteiger partial charge in [0.05, 0.1) is 18.8 Å². The molecule has 2 unspecified atom stereocenters.